The standard InChI is InChI=1S/C18H16F3NO5/c1-3-27-17(26)15-12(8-23)22-9(2)13(16(24)25)14(15)10-6-4-5-7-11(10)18(19,20)21/h4-8,14,22H,3H2,1-2H3,(H,24,25). The van der Waals surface area contributed by atoms with E-state index < -0.39 is 46.3 Å². The highest BCUT2D eigenvalue weighted by atomic mass is 19.4. The van der Waals surface area contributed by atoms with Crippen LogP contribution in [0, 0.1) is 0 Å². The Morgan fingerprint density at radius 2 is 1.89 bits per heavy atom. The summed E-state index contributed by atoms with van der Waals surface area (Å²) in [6.07, 6.45) is -4.54. The number of aliphatic carboxylic acids is 1. The molecule has 1 atom stereocenters. The van der Waals surface area contributed by atoms with E-state index in [9.17, 15) is 32.7 Å². The van der Waals surface area contributed by atoms with Gasteiger partial charge >= 0.3 is 18.1 Å². The number of esters is 1. The van der Waals surface area contributed by atoms with Crippen molar-refractivity contribution in [3.63, 3.8) is 0 Å². The maximum atomic E-state index is 13.5. The number of nitrogens with one attached hydrogen (secondary N) is 1. The quantitative estimate of drug-likeness (QED) is 0.600. The van der Waals surface area contributed by atoms with Crippen molar-refractivity contribution < 1.29 is 37.4 Å². The minimum Gasteiger partial charge on any atom is -0.478 e. The molecule has 2 rings (SSSR count). The lowest BCUT2D eigenvalue weighted by Gasteiger charge is -2.30. The number of rotatable bonds is 5. The van der Waals surface area contributed by atoms with Crippen molar-refractivity contribution in [2.24, 2.45) is 0 Å². The van der Waals surface area contributed by atoms with Crippen LogP contribution in [0.15, 0.2) is 46.8 Å². The van der Waals surface area contributed by atoms with Gasteiger partial charge in [-0.05, 0) is 25.5 Å². The fourth-order valence-electron chi connectivity index (χ4n) is 2.98. The fourth-order valence-corrected chi connectivity index (χ4v) is 2.98. The van der Waals surface area contributed by atoms with Crippen LogP contribution >= 0.6 is 0 Å². The zero-order chi connectivity index (χ0) is 20.4. The first-order valence-electron chi connectivity index (χ1n) is 7.87. The van der Waals surface area contributed by atoms with Crippen LogP contribution in [0.2, 0.25) is 0 Å². The van der Waals surface area contributed by atoms with Crippen LogP contribution in [-0.2, 0) is 25.3 Å². The van der Waals surface area contributed by atoms with Gasteiger partial charge < -0.3 is 15.2 Å². The van der Waals surface area contributed by atoms with Gasteiger partial charge in [-0.15, -0.1) is 0 Å². The Morgan fingerprint density at radius 1 is 1.26 bits per heavy atom. The Bertz CT molecular complexity index is 855. The Hall–Kier alpha value is -3.10. The summed E-state index contributed by atoms with van der Waals surface area (Å²) in [4.78, 5) is 35.6. The fraction of sp³-hybridized carbons (Fsp3) is 0.278. The van der Waals surface area contributed by atoms with E-state index in [4.69, 9.17) is 4.74 Å². The van der Waals surface area contributed by atoms with Gasteiger partial charge in [0.2, 0.25) is 0 Å². The molecular formula is C18H16F3NO5. The normalized spacial score (nSPS) is 17.4. The first-order valence-corrected chi connectivity index (χ1v) is 7.87. The molecule has 0 aliphatic carbocycles. The van der Waals surface area contributed by atoms with E-state index in [-0.39, 0.29) is 24.3 Å². The van der Waals surface area contributed by atoms with Crippen LogP contribution in [0.25, 0.3) is 0 Å². The molecule has 2 N–H and O–H groups in total. The van der Waals surface area contributed by atoms with Gasteiger partial charge in [-0.2, -0.15) is 13.2 Å². The molecule has 1 aromatic rings. The molecule has 1 aromatic carbocycles. The number of carboxylic acid groups (broad SMARTS) is 1. The maximum absolute atomic E-state index is 13.5. The minimum atomic E-state index is -4.79. The highest BCUT2D eigenvalue weighted by Crippen LogP contribution is 2.43. The largest absolute Gasteiger partial charge is 0.478 e. The van der Waals surface area contributed by atoms with Crippen LogP contribution in [0.4, 0.5) is 13.2 Å². The third-order valence-corrected chi connectivity index (χ3v) is 4.01. The van der Waals surface area contributed by atoms with Crippen LogP contribution in [0.1, 0.15) is 30.9 Å². The number of carboxylic acids is 1. The predicted octanol–water partition coefficient (Wildman–Crippen LogP) is 2.77. The van der Waals surface area contributed by atoms with Gasteiger partial charge in [-0.25, -0.2) is 9.59 Å². The number of ether oxygens (including phenoxy) is 1. The average molecular weight is 383 g/mol. The zero-order valence-electron chi connectivity index (χ0n) is 14.4. The molecule has 1 heterocycles. The van der Waals surface area contributed by atoms with Crippen molar-refractivity contribution in [1.82, 2.24) is 5.32 Å². The summed E-state index contributed by atoms with van der Waals surface area (Å²) in [6, 6.07) is 4.32. The molecule has 6 nitrogen and oxygen atoms in total. The van der Waals surface area contributed by atoms with E-state index in [1.807, 2.05) is 0 Å². The minimum absolute atomic E-state index is 0.0420. The Balaban J connectivity index is 2.85. The smallest absolute Gasteiger partial charge is 0.416 e. The zero-order valence-corrected chi connectivity index (χ0v) is 14.4. The van der Waals surface area contributed by atoms with Crippen molar-refractivity contribution in [2.45, 2.75) is 25.9 Å². The monoisotopic (exact) mass is 383 g/mol. The number of benzene rings is 1. The molecule has 1 unspecified atom stereocenters. The molecule has 0 saturated heterocycles. The van der Waals surface area contributed by atoms with E-state index in [1.54, 1.807) is 0 Å². The summed E-state index contributed by atoms with van der Waals surface area (Å²) in [7, 11) is 0. The number of aldehydes is 1. The summed E-state index contributed by atoms with van der Waals surface area (Å²) < 4.78 is 45.4. The average Bonchev–Trinajstić information content (AvgIpc) is 2.59. The molecule has 0 spiro atoms. The maximum Gasteiger partial charge on any atom is 0.416 e. The summed E-state index contributed by atoms with van der Waals surface area (Å²) in [6.45, 7) is 2.68. The van der Waals surface area contributed by atoms with E-state index in [0.717, 1.165) is 18.2 Å². The van der Waals surface area contributed by atoms with Crippen molar-refractivity contribution in [2.75, 3.05) is 6.61 Å². The van der Waals surface area contributed by atoms with E-state index in [0.29, 0.717) is 0 Å². The number of hydrogen-bond donors (Lipinski definition) is 2. The lowest BCUT2D eigenvalue weighted by molar-refractivity contribution is -0.141. The molecule has 0 aromatic heterocycles. The Labute approximate surface area is 152 Å². The van der Waals surface area contributed by atoms with Gasteiger partial charge in [0, 0.05) is 5.70 Å². The van der Waals surface area contributed by atoms with E-state index >= 15 is 0 Å². The van der Waals surface area contributed by atoms with Gasteiger partial charge in [-0.3, -0.25) is 4.79 Å². The molecule has 0 amide bonds. The first-order chi connectivity index (χ1) is 12.6. The van der Waals surface area contributed by atoms with Crippen molar-refractivity contribution in [3.8, 4) is 0 Å². The highest BCUT2D eigenvalue weighted by Gasteiger charge is 2.43. The number of carbonyl (C=O) groups excluding carboxylic acids is 2. The lowest BCUT2D eigenvalue weighted by atomic mass is 9.78. The first kappa shape index (κ1) is 20.2. The number of allylic oxidation sites excluding steroid dienone is 2. The molecule has 144 valence electrons. The molecular weight excluding hydrogens is 367 g/mol. The summed E-state index contributed by atoms with van der Waals surface area (Å²) in [5.41, 5.74) is -2.88. The predicted molar refractivity (Wildman–Crippen MR) is 87.4 cm³/mol. The molecule has 9 heteroatoms. The molecule has 0 radical (unpaired) electrons. The van der Waals surface area contributed by atoms with E-state index in [2.05, 4.69) is 5.32 Å². The second-order valence-corrected chi connectivity index (χ2v) is 5.65. The Morgan fingerprint density at radius 3 is 2.41 bits per heavy atom. The summed E-state index contributed by atoms with van der Waals surface area (Å²) >= 11 is 0. The van der Waals surface area contributed by atoms with E-state index in [1.165, 1.54) is 19.9 Å². The summed E-state index contributed by atoms with van der Waals surface area (Å²) in [5, 5.41) is 12.1. The number of carbonyl (C=O) groups is 3. The third-order valence-electron chi connectivity index (χ3n) is 4.01. The number of hydrogen-bond acceptors (Lipinski definition) is 5. The molecule has 27 heavy (non-hydrogen) atoms. The van der Waals surface area contributed by atoms with Crippen LogP contribution in [0.3, 0.4) is 0 Å². The van der Waals surface area contributed by atoms with Gasteiger partial charge in [0.15, 0.2) is 6.29 Å². The number of dihydropyridines is 1. The van der Waals surface area contributed by atoms with Gasteiger partial charge in [-0.1, -0.05) is 18.2 Å². The van der Waals surface area contributed by atoms with Crippen LogP contribution < -0.4 is 5.32 Å². The van der Waals surface area contributed by atoms with Gasteiger partial charge in [0.05, 0.1) is 34.9 Å². The van der Waals surface area contributed by atoms with Crippen LogP contribution in [-0.4, -0.2) is 29.9 Å². The van der Waals surface area contributed by atoms with Gasteiger partial charge in [0.25, 0.3) is 0 Å². The second kappa shape index (κ2) is 7.65. The van der Waals surface area contributed by atoms with Crippen molar-refractivity contribution >= 4 is 18.2 Å². The second-order valence-electron chi connectivity index (χ2n) is 5.65. The molecule has 1 aliphatic heterocycles. The van der Waals surface area contributed by atoms with Crippen LogP contribution in [0.5, 0.6) is 0 Å². The van der Waals surface area contributed by atoms with Gasteiger partial charge in [0.1, 0.15) is 0 Å². The van der Waals surface area contributed by atoms with Crippen molar-refractivity contribution in [3.05, 3.63) is 57.9 Å². The SMILES string of the molecule is CCOC(=O)C1=C(C=O)NC(C)=C(C(=O)O)C1c1ccccc1C(F)(F)F. The number of alkyl halides is 3. The summed E-state index contributed by atoms with van der Waals surface area (Å²) in [5.74, 6) is -4.21. The Kier molecular flexibility index (Phi) is 5.72. The molecule has 0 fully saturated rings. The molecule has 1 aliphatic rings. The third kappa shape index (κ3) is 3.86. The topological polar surface area (TPSA) is 92.7 Å². The molecule has 0 bridgehead atoms. The molecule has 0 saturated carbocycles. The highest BCUT2D eigenvalue weighted by molar-refractivity contribution is 6.03. The number of halogens is 3. The lowest BCUT2D eigenvalue weighted by Crippen LogP contribution is -2.34. The van der Waals surface area contributed by atoms with Crippen molar-refractivity contribution in [1.29, 1.82) is 0 Å².